The van der Waals surface area contributed by atoms with Gasteiger partial charge >= 0.3 is 0 Å². The summed E-state index contributed by atoms with van der Waals surface area (Å²) in [5, 5.41) is 7.42. The predicted octanol–water partition coefficient (Wildman–Crippen LogP) is 0.899. The Morgan fingerprint density at radius 2 is 2.23 bits per heavy atom. The summed E-state index contributed by atoms with van der Waals surface area (Å²) in [6.45, 7) is 9.78. The number of morpholine rings is 1. The maximum atomic E-state index is 12.1. The molecular weight excluding hydrogens is 280 g/mol. The molecule has 2 heterocycles. The van der Waals surface area contributed by atoms with Gasteiger partial charge in [0, 0.05) is 25.3 Å². The van der Waals surface area contributed by atoms with Crippen molar-refractivity contribution in [3.05, 3.63) is 17.0 Å². The second-order valence-electron chi connectivity index (χ2n) is 6.05. The zero-order valence-electron chi connectivity index (χ0n) is 14.2. The number of nitrogens with zero attached hydrogens (tertiary/aromatic N) is 3. The number of amides is 1. The number of hydrogen-bond donors (Lipinski definition) is 1. The Bertz CT molecular complexity index is 512. The fraction of sp³-hybridized carbons (Fsp3) is 0.750. The maximum Gasteiger partial charge on any atom is 0.241 e. The van der Waals surface area contributed by atoms with Gasteiger partial charge in [-0.2, -0.15) is 5.10 Å². The molecule has 0 saturated carbocycles. The maximum absolute atomic E-state index is 12.1. The van der Waals surface area contributed by atoms with E-state index >= 15 is 0 Å². The lowest BCUT2D eigenvalue weighted by atomic mass is 10.1. The Morgan fingerprint density at radius 3 is 2.86 bits per heavy atom. The third-order valence-electron chi connectivity index (χ3n) is 4.31. The number of hydrogen-bond acceptors (Lipinski definition) is 4. The summed E-state index contributed by atoms with van der Waals surface area (Å²) in [6.07, 6.45) is 2.03. The number of nitrogens with one attached hydrogen (secondary N) is 1. The first-order valence-corrected chi connectivity index (χ1v) is 8.11. The highest BCUT2D eigenvalue weighted by Crippen LogP contribution is 2.13. The first-order valence-electron chi connectivity index (χ1n) is 8.11. The molecular formula is C16H28N4O2. The quantitative estimate of drug-likeness (QED) is 0.848. The van der Waals surface area contributed by atoms with Crippen molar-refractivity contribution in [1.29, 1.82) is 0 Å². The van der Waals surface area contributed by atoms with Crippen LogP contribution >= 0.6 is 0 Å². The summed E-state index contributed by atoms with van der Waals surface area (Å²) in [5.74, 6) is 0.0115. The molecule has 6 heteroatoms. The van der Waals surface area contributed by atoms with E-state index in [1.165, 1.54) is 5.56 Å². The zero-order valence-corrected chi connectivity index (χ0v) is 14.2. The Balaban J connectivity index is 1.76. The summed E-state index contributed by atoms with van der Waals surface area (Å²) in [6, 6.07) is 0. The summed E-state index contributed by atoms with van der Waals surface area (Å²) in [7, 11) is 2.10. The Morgan fingerprint density at radius 1 is 1.45 bits per heavy atom. The molecule has 2 rings (SSSR count). The lowest BCUT2D eigenvalue weighted by Gasteiger charge is -2.30. The molecule has 1 aliphatic rings. The van der Waals surface area contributed by atoms with Crippen molar-refractivity contribution in [1.82, 2.24) is 20.0 Å². The van der Waals surface area contributed by atoms with Gasteiger partial charge in [-0.25, -0.2) is 0 Å². The third kappa shape index (κ3) is 4.30. The first-order chi connectivity index (χ1) is 10.5. The largest absolute Gasteiger partial charge is 0.375 e. The summed E-state index contributed by atoms with van der Waals surface area (Å²) >= 11 is 0. The molecule has 0 aromatic carbocycles. The number of carbonyl (C=O) groups excluding carboxylic acids is 1. The van der Waals surface area contributed by atoms with E-state index in [4.69, 9.17) is 4.74 Å². The van der Waals surface area contributed by atoms with E-state index in [1.54, 1.807) is 4.68 Å². The second kappa shape index (κ2) is 7.74. The molecule has 124 valence electrons. The Labute approximate surface area is 132 Å². The van der Waals surface area contributed by atoms with E-state index in [1.807, 2.05) is 13.8 Å². The summed E-state index contributed by atoms with van der Waals surface area (Å²) in [5.41, 5.74) is 3.35. The van der Waals surface area contributed by atoms with Gasteiger partial charge in [0.2, 0.25) is 5.91 Å². The molecule has 0 radical (unpaired) electrons. The van der Waals surface area contributed by atoms with E-state index in [0.29, 0.717) is 6.54 Å². The summed E-state index contributed by atoms with van der Waals surface area (Å²) < 4.78 is 7.49. The highest BCUT2D eigenvalue weighted by atomic mass is 16.5. The van der Waals surface area contributed by atoms with E-state index in [9.17, 15) is 4.79 Å². The molecule has 0 bridgehead atoms. The molecule has 6 nitrogen and oxygen atoms in total. The van der Waals surface area contributed by atoms with Crippen molar-refractivity contribution in [2.75, 3.05) is 33.3 Å². The fourth-order valence-electron chi connectivity index (χ4n) is 3.01. The normalized spacial score (nSPS) is 19.4. The standard InChI is InChI=1S/C16H28N4O2/c1-5-15-12(2)18-20(13(15)3)11-16(21)17-7-6-14-10-19(4)8-9-22-14/h14H,5-11H2,1-4H3,(H,17,21). The number of likely N-dealkylation sites (N-methyl/N-ethyl adjacent to an activating group) is 1. The predicted molar refractivity (Wildman–Crippen MR) is 85.9 cm³/mol. The van der Waals surface area contributed by atoms with Crippen LogP contribution in [0.2, 0.25) is 0 Å². The van der Waals surface area contributed by atoms with Gasteiger partial charge in [-0.1, -0.05) is 6.92 Å². The Kier molecular flexibility index (Phi) is 5.97. The minimum Gasteiger partial charge on any atom is -0.375 e. The van der Waals surface area contributed by atoms with Gasteiger partial charge in [0.05, 0.1) is 18.4 Å². The minimum absolute atomic E-state index is 0.0115. The minimum atomic E-state index is 0.0115. The van der Waals surface area contributed by atoms with Crippen LogP contribution in [-0.4, -0.2) is 60.0 Å². The topological polar surface area (TPSA) is 59.4 Å². The molecule has 1 N–H and O–H groups in total. The van der Waals surface area contributed by atoms with Crippen LogP contribution in [-0.2, 0) is 22.5 Å². The molecule has 1 aromatic rings. The monoisotopic (exact) mass is 308 g/mol. The van der Waals surface area contributed by atoms with Gasteiger partial charge in [0.1, 0.15) is 6.54 Å². The molecule has 1 atom stereocenters. The van der Waals surface area contributed by atoms with E-state index in [-0.39, 0.29) is 18.6 Å². The van der Waals surface area contributed by atoms with Crippen LogP contribution in [0.3, 0.4) is 0 Å². The molecule has 1 fully saturated rings. The average Bonchev–Trinajstić information content (AvgIpc) is 2.73. The van der Waals surface area contributed by atoms with Crippen molar-refractivity contribution in [2.24, 2.45) is 0 Å². The second-order valence-corrected chi connectivity index (χ2v) is 6.05. The smallest absolute Gasteiger partial charge is 0.241 e. The molecule has 22 heavy (non-hydrogen) atoms. The number of aryl methyl sites for hydroxylation is 1. The molecule has 0 spiro atoms. The molecule has 1 aliphatic heterocycles. The van der Waals surface area contributed by atoms with Crippen molar-refractivity contribution < 1.29 is 9.53 Å². The number of ether oxygens (including phenoxy) is 1. The summed E-state index contributed by atoms with van der Waals surface area (Å²) in [4.78, 5) is 14.3. The van der Waals surface area contributed by atoms with Crippen LogP contribution in [0.1, 0.15) is 30.3 Å². The van der Waals surface area contributed by atoms with Crippen molar-refractivity contribution in [3.8, 4) is 0 Å². The molecule has 1 aromatic heterocycles. The Hall–Kier alpha value is -1.40. The fourth-order valence-corrected chi connectivity index (χ4v) is 3.01. The lowest BCUT2D eigenvalue weighted by Crippen LogP contribution is -2.41. The van der Waals surface area contributed by atoms with Gasteiger partial charge in [-0.15, -0.1) is 0 Å². The third-order valence-corrected chi connectivity index (χ3v) is 4.31. The average molecular weight is 308 g/mol. The number of carbonyl (C=O) groups is 1. The van der Waals surface area contributed by atoms with E-state index < -0.39 is 0 Å². The van der Waals surface area contributed by atoms with Crippen LogP contribution in [0.25, 0.3) is 0 Å². The number of rotatable bonds is 6. The first kappa shape index (κ1) is 17.0. The van der Waals surface area contributed by atoms with Crippen LogP contribution in [0.5, 0.6) is 0 Å². The molecule has 1 saturated heterocycles. The SMILES string of the molecule is CCc1c(C)nn(CC(=O)NCCC2CN(C)CCO2)c1C. The van der Waals surface area contributed by atoms with Crippen LogP contribution in [0.15, 0.2) is 0 Å². The van der Waals surface area contributed by atoms with Crippen molar-refractivity contribution in [2.45, 2.75) is 46.3 Å². The molecule has 1 amide bonds. The van der Waals surface area contributed by atoms with E-state index in [2.05, 4.69) is 29.3 Å². The highest BCUT2D eigenvalue weighted by Gasteiger charge is 2.18. The van der Waals surface area contributed by atoms with Gasteiger partial charge in [-0.05, 0) is 39.3 Å². The number of aromatic nitrogens is 2. The van der Waals surface area contributed by atoms with Crippen LogP contribution in [0, 0.1) is 13.8 Å². The zero-order chi connectivity index (χ0) is 16.1. The van der Waals surface area contributed by atoms with Crippen molar-refractivity contribution in [3.63, 3.8) is 0 Å². The van der Waals surface area contributed by atoms with Gasteiger partial charge in [0.25, 0.3) is 0 Å². The van der Waals surface area contributed by atoms with Crippen LogP contribution < -0.4 is 5.32 Å². The lowest BCUT2D eigenvalue weighted by molar-refractivity contribution is -0.122. The van der Waals surface area contributed by atoms with Gasteiger partial charge in [-0.3, -0.25) is 9.48 Å². The van der Waals surface area contributed by atoms with Gasteiger partial charge < -0.3 is 15.0 Å². The van der Waals surface area contributed by atoms with Crippen LogP contribution in [0.4, 0.5) is 0 Å². The highest BCUT2D eigenvalue weighted by molar-refractivity contribution is 5.75. The molecule has 0 aliphatic carbocycles. The van der Waals surface area contributed by atoms with Crippen molar-refractivity contribution >= 4 is 5.91 Å². The molecule has 1 unspecified atom stereocenters. The van der Waals surface area contributed by atoms with E-state index in [0.717, 1.165) is 43.9 Å². The van der Waals surface area contributed by atoms with Gasteiger partial charge in [0.15, 0.2) is 0 Å².